The fraction of sp³-hybridized carbons (Fsp3) is 0.429. The van der Waals surface area contributed by atoms with E-state index >= 15 is 0 Å². The molecule has 38 heavy (non-hydrogen) atoms. The molecule has 0 spiro atoms. The normalized spacial score (nSPS) is 17.5. The minimum atomic E-state index is -2.21. The second-order valence-corrected chi connectivity index (χ2v) is 14.3. The quantitative estimate of drug-likeness (QED) is 0.275. The Morgan fingerprint density at radius 2 is 1.11 bits per heavy atom. The molecule has 1 heterocycles. The van der Waals surface area contributed by atoms with Gasteiger partial charge in [-0.15, -0.1) is 0 Å². The molecule has 0 bridgehead atoms. The van der Waals surface area contributed by atoms with Crippen LogP contribution in [0.25, 0.3) is 0 Å². The lowest BCUT2D eigenvalue weighted by Gasteiger charge is -2.59. The number of hydrogen-bond acceptors (Lipinski definition) is 5. The average molecular weight is 543 g/mol. The highest BCUT2D eigenvalue weighted by Crippen LogP contribution is 2.57. The summed E-state index contributed by atoms with van der Waals surface area (Å²) >= 11 is 0. The van der Waals surface area contributed by atoms with Crippen LogP contribution in [0.5, 0.6) is 0 Å². The van der Waals surface area contributed by atoms with Crippen molar-refractivity contribution in [1.29, 1.82) is 0 Å². The molecule has 3 rings (SSSR count). The number of carbonyl (C=O) groups is 4. The first-order chi connectivity index (χ1) is 17.9. The van der Waals surface area contributed by atoms with Gasteiger partial charge in [-0.3, -0.25) is 0 Å². The molecule has 0 unspecified atom stereocenters. The van der Waals surface area contributed by atoms with Crippen molar-refractivity contribution in [3.8, 4) is 0 Å². The van der Waals surface area contributed by atoms with Gasteiger partial charge in [0.25, 0.3) is 0 Å². The smallest absolute Gasteiger partial charge is 0.336 e. The van der Waals surface area contributed by atoms with E-state index in [9.17, 15) is 39.6 Å². The van der Waals surface area contributed by atoms with Crippen molar-refractivity contribution in [1.82, 2.24) is 0 Å². The molecule has 1 saturated heterocycles. The third kappa shape index (κ3) is 4.52. The van der Waals surface area contributed by atoms with Crippen LogP contribution in [0.2, 0.25) is 18.1 Å². The van der Waals surface area contributed by atoms with Gasteiger partial charge in [0.2, 0.25) is 0 Å². The Hall–Kier alpha value is -3.50. The number of benzene rings is 2. The van der Waals surface area contributed by atoms with Crippen molar-refractivity contribution < 1.29 is 44.0 Å². The van der Waals surface area contributed by atoms with E-state index in [-0.39, 0.29) is 22.3 Å². The van der Waals surface area contributed by atoms with Gasteiger partial charge >= 0.3 is 23.9 Å². The monoisotopic (exact) mass is 542 g/mol. The highest BCUT2D eigenvalue weighted by Gasteiger charge is 2.59. The van der Waals surface area contributed by atoms with Gasteiger partial charge < -0.3 is 24.9 Å². The van der Waals surface area contributed by atoms with E-state index < -0.39 is 43.2 Å². The van der Waals surface area contributed by atoms with Crippen LogP contribution in [-0.2, 0) is 9.84 Å². The van der Waals surface area contributed by atoms with E-state index in [1.807, 2.05) is 13.8 Å². The van der Waals surface area contributed by atoms with Gasteiger partial charge in [-0.05, 0) is 72.8 Å². The van der Waals surface area contributed by atoms with Crippen LogP contribution >= 0.6 is 0 Å². The van der Waals surface area contributed by atoms with Crippen LogP contribution in [0.3, 0.4) is 0 Å². The Labute approximate surface area is 222 Å². The molecule has 2 aromatic carbocycles. The minimum Gasteiger partial charge on any atom is -0.478 e. The van der Waals surface area contributed by atoms with Crippen molar-refractivity contribution in [2.24, 2.45) is 0 Å². The number of rotatable bonds is 10. The lowest BCUT2D eigenvalue weighted by Crippen LogP contribution is -2.63. The van der Waals surface area contributed by atoms with E-state index in [1.165, 1.54) is 24.3 Å². The number of aromatic carboxylic acids is 4. The largest absolute Gasteiger partial charge is 0.478 e. The number of carboxylic acids is 4. The summed E-state index contributed by atoms with van der Waals surface area (Å²) in [5.41, 5.74) is -2.40. The van der Waals surface area contributed by atoms with Gasteiger partial charge in [0.15, 0.2) is 8.32 Å². The summed E-state index contributed by atoms with van der Waals surface area (Å²) in [6.45, 7) is 8.16. The second kappa shape index (κ2) is 10.7. The molecule has 1 aliphatic heterocycles. The minimum absolute atomic E-state index is 0.356. The summed E-state index contributed by atoms with van der Waals surface area (Å²) in [6.07, 6.45) is 1.55. The van der Waals surface area contributed by atoms with Gasteiger partial charge in [-0.2, -0.15) is 0 Å². The Bertz CT molecular complexity index is 1200. The summed E-state index contributed by atoms with van der Waals surface area (Å²) < 4.78 is 7.15. The van der Waals surface area contributed by atoms with Crippen molar-refractivity contribution >= 4 is 32.2 Å². The van der Waals surface area contributed by atoms with E-state index in [2.05, 4.69) is 13.8 Å². The molecule has 204 valence electrons. The first-order valence-electron chi connectivity index (χ1n) is 12.8. The van der Waals surface area contributed by atoms with Gasteiger partial charge in [0.1, 0.15) is 0 Å². The fourth-order valence-corrected chi connectivity index (χ4v) is 9.99. The lowest BCUT2D eigenvalue weighted by atomic mass is 9.59. The highest BCUT2D eigenvalue weighted by molar-refractivity contribution is 6.74. The predicted molar refractivity (Wildman–Crippen MR) is 142 cm³/mol. The zero-order valence-electron chi connectivity index (χ0n) is 22.0. The lowest BCUT2D eigenvalue weighted by molar-refractivity contribution is -0.0345. The molecular weight excluding hydrogens is 508 g/mol. The van der Waals surface area contributed by atoms with Crippen molar-refractivity contribution in [2.75, 3.05) is 0 Å². The molecule has 0 saturated carbocycles. The van der Waals surface area contributed by atoms with Crippen LogP contribution in [0.1, 0.15) is 99.5 Å². The SMILES string of the molecule is CCC1(CC)O[Si](CC)(CC)CCC1(c1ccc(C(=O)O)c(C(=O)O)c1)c1ccc(C(=O)O)c(C(=O)O)c1. The van der Waals surface area contributed by atoms with Gasteiger partial charge in [-0.25, -0.2) is 19.2 Å². The molecule has 0 amide bonds. The first-order valence-corrected chi connectivity index (χ1v) is 15.3. The highest BCUT2D eigenvalue weighted by atomic mass is 28.4. The molecule has 2 aromatic rings. The maximum atomic E-state index is 12.1. The second-order valence-electron chi connectivity index (χ2n) is 9.84. The molecule has 0 atom stereocenters. The maximum absolute atomic E-state index is 12.1. The maximum Gasteiger partial charge on any atom is 0.336 e. The van der Waals surface area contributed by atoms with E-state index in [1.54, 1.807) is 12.1 Å². The summed E-state index contributed by atoms with van der Waals surface area (Å²) in [6, 6.07) is 10.9. The Morgan fingerprint density at radius 3 is 1.42 bits per heavy atom. The van der Waals surface area contributed by atoms with Gasteiger partial charge in [0, 0.05) is 5.41 Å². The molecule has 1 fully saturated rings. The fourth-order valence-electron chi connectivity index (χ4n) is 6.27. The summed E-state index contributed by atoms with van der Waals surface area (Å²) in [5.74, 6) is -5.54. The average Bonchev–Trinajstić information content (AvgIpc) is 2.91. The van der Waals surface area contributed by atoms with Crippen LogP contribution in [-0.4, -0.2) is 58.2 Å². The van der Waals surface area contributed by atoms with E-state index in [4.69, 9.17) is 4.43 Å². The Balaban J connectivity index is 2.48. The standard InChI is InChI=1S/C28H34O9Si/c1-5-27(6-2)28(13-14-38(7-3,8-4)37-27,17-9-11-19(23(29)30)21(15-17)25(33)34)18-10-12-20(24(31)32)22(16-18)26(35)36/h9-12,15-16H,5-8,13-14H2,1-4H3,(H,29,30)(H,31,32)(H,33,34)(H,35,36). The molecule has 10 heteroatoms. The van der Waals surface area contributed by atoms with Gasteiger partial charge in [0.05, 0.1) is 27.9 Å². The predicted octanol–water partition coefficient (Wildman–Crippen LogP) is 5.73. The molecular formula is C28H34O9Si. The van der Waals surface area contributed by atoms with Crippen LogP contribution in [0.15, 0.2) is 36.4 Å². The zero-order valence-corrected chi connectivity index (χ0v) is 23.0. The van der Waals surface area contributed by atoms with Crippen LogP contribution in [0.4, 0.5) is 0 Å². The van der Waals surface area contributed by atoms with E-state index in [0.717, 1.165) is 12.1 Å². The van der Waals surface area contributed by atoms with Crippen LogP contribution < -0.4 is 0 Å². The first kappa shape index (κ1) is 29.1. The summed E-state index contributed by atoms with van der Waals surface area (Å²) in [4.78, 5) is 47.8. The van der Waals surface area contributed by atoms with Crippen LogP contribution in [0, 0.1) is 0 Å². The van der Waals surface area contributed by atoms with Crippen molar-refractivity contribution in [2.45, 2.75) is 76.1 Å². The van der Waals surface area contributed by atoms with Gasteiger partial charge in [-0.1, -0.05) is 39.8 Å². The number of carboxylic acid groups (broad SMARTS) is 4. The molecule has 1 aliphatic rings. The third-order valence-corrected chi connectivity index (χ3v) is 13.1. The van der Waals surface area contributed by atoms with Crippen molar-refractivity contribution in [3.63, 3.8) is 0 Å². The zero-order chi connectivity index (χ0) is 28.5. The number of hydrogen-bond donors (Lipinski definition) is 4. The Morgan fingerprint density at radius 1 is 0.711 bits per heavy atom. The summed E-state index contributed by atoms with van der Waals surface area (Å²) in [5, 5.41) is 39.0. The summed E-state index contributed by atoms with van der Waals surface area (Å²) in [7, 11) is -2.21. The molecule has 0 aliphatic carbocycles. The Kier molecular flexibility index (Phi) is 8.18. The molecule has 0 aromatic heterocycles. The third-order valence-electron chi connectivity index (χ3n) is 8.52. The van der Waals surface area contributed by atoms with E-state index in [0.29, 0.717) is 36.4 Å². The van der Waals surface area contributed by atoms with Crippen molar-refractivity contribution in [3.05, 3.63) is 69.8 Å². The molecule has 9 nitrogen and oxygen atoms in total. The molecule has 0 radical (unpaired) electrons. The molecule has 4 N–H and O–H groups in total. The topological polar surface area (TPSA) is 158 Å².